The maximum absolute atomic E-state index is 6.07. The van der Waals surface area contributed by atoms with Crippen LogP contribution in [0.3, 0.4) is 0 Å². The van der Waals surface area contributed by atoms with Crippen LogP contribution in [-0.2, 0) is 6.54 Å². The van der Waals surface area contributed by atoms with Crippen LogP contribution in [0.4, 0.5) is 0 Å². The van der Waals surface area contributed by atoms with E-state index >= 15 is 0 Å². The zero-order chi connectivity index (χ0) is 14.4. The fourth-order valence-electron chi connectivity index (χ4n) is 2.66. The molecule has 0 aliphatic heterocycles. The van der Waals surface area contributed by atoms with Crippen molar-refractivity contribution in [1.82, 2.24) is 10.3 Å². The Hall–Kier alpha value is -1.09. The van der Waals surface area contributed by atoms with Crippen LogP contribution in [0.5, 0.6) is 5.88 Å². The lowest BCUT2D eigenvalue weighted by atomic mass is 10.1. The van der Waals surface area contributed by atoms with Crippen molar-refractivity contribution in [2.24, 2.45) is 0 Å². The maximum atomic E-state index is 6.07. The zero-order valence-electron chi connectivity index (χ0n) is 13.1. The molecule has 0 atom stereocenters. The van der Waals surface area contributed by atoms with Crippen molar-refractivity contribution in [3.8, 4) is 5.88 Å². The van der Waals surface area contributed by atoms with Gasteiger partial charge in [0.05, 0.1) is 0 Å². The minimum atomic E-state index is 0.365. The highest BCUT2D eigenvalue weighted by Gasteiger charge is 2.14. The summed E-state index contributed by atoms with van der Waals surface area (Å²) in [4.78, 5) is 4.61. The van der Waals surface area contributed by atoms with Crippen molar-refractivity contribution < 1.29 is 4.74 Å². The van der Waals surface area contributed by atoms with Crippen molar-refractivity contribution >= 4 is 0 Å². The molecule has 1 heterocycles. The topological polar surface area (TPSA) is 34.1 Å². The Balaban J connectivity index is 1.93. The number of ether oxygens (including phenoxy) is 1. The normalized spacial score (nSPS) is 17.2. The molecule has 1 aliphatic rings. The number of hydrogen-bond donors (Lipinski definition) is 1. The molecule has 3 heteroatoms. The zero-order valence-corrected chi connectivity index (χ0v) is 13.1. The van der Waals surface area contributed by atoms with Crippen LogP contribution in [0.15, 0.2) is 12.1 Å². The van der Waals surface area contributed by atoms with Crippen LogP contribution in [0.2, 0.25) is 0 Å². The molecule has 0 amide bonds. The molecule has 1 fully saturated rings. The summed E-state index contributed by atoms with van der Waals surface area (Å²) in [5.74, 6) is 0.794. The molecule has 1 aliphatic carbocycles. The molecule has 2 rings (SSSR count). The van der Waals surface area contributed by atoms with E-state index in [0.29, 0.717) is 12.1 Å². The third-order valence-electron chi connectivity index (χ3n) is 3.96. The average Bonchev–Trinajstić information content (AvgIpc) is 2.66. The molecule has 1 aromatic rings. The largest absolute Gasteiger partial charge is 0.474 e. The van der Waals surface area contributed by atoms with Crippen LogP contribution < -0.4 is 10.1 Å². The minimum absolute atomic E-state index is 0.365. The average molecular weight is 276 g/mol. The summed E-state index contributed by atoms with van der Waals surface area (Å²) < 4.78 is 6.07. The number of pyridine rings is 1. The van der Waals surface area contributed by atoms with Gasteiger partial charge in [-0.2, -0.15) is 0 Å². The second-order valence-corrected chi connectivity index (χ2v) is 6.16. The second-order valence-electron chi connectivity index (χ2n) is 6.16. The Bertz CT molecular complexity index is 409. The van der Waals surface area contributed by atoms with Gasteiger partial charge < -0.3 is 10.1 Å². The van der Waals surface area contributed by atoms with Crippen molar-refractivity contribution in [3.05, 3.63) is 23.4 Å². The predicted molar refractivity (Wildman–Crippen MR) is 83.1 cm³/mol. The van der Waals surface area contributed by atoms with Crippen LogP contribution in [-0.4, -0.2) is 17.1 Å². The quantitative estimate of drug-likeness (QED) is 0.826. The van der Waals surface area contributed by atoms with Gasteiger partial charge in [-0.3, -0.25) is 0 Å². The number of aromatic nitrogens is 1. The first-order valence-electron chi connectivity index (χ1n) is 8.01. The van der Waals surface area contributed by atoms with Gasteiger partial charge in [0.25, 0.3) is 0 Å². The molecular formula is C17H28N2O. The molecule has 0 spiro atoms. The van der Waals surface area contributed by atoms with Crippen molar-refractivity contribution in [1.29, 1.82) is 0 Å². The monoisotopic (exact) mass is 276 g/mol. The maximum Gasteiger partial charge on any atom is 0.213 e. The van der Waals surface area contributed by atoms with Gasteiger partial charge in [0.15, 0.2) is 0 Å². The number of rotatable bonds is 5. The van der Waals surface area contributed by atoms with Gasteiger partial charge in [-0.1, -0.05) is 32.8 Å². The Morgan fingerprint density at radius 3 is 2.50 bits per heavy atom. The number of aryl methyl sites for hydroxylation is 1. The fourth-order valence-corrected chi connectivity index (χ4v) is 2.66. The first-order valence-corrected chi connectivity index (χ1v) is 8.01. The third kappa shape index (κ3) is 4.78. The van der Waals surface area contributed by atoms with Crippen LogP contribution in [0.25, 0.3) is 0 Å². The Labute approximate surface area is 123 Å². The van der Waals surface area contributed by atoms with E-state index in [1.54, 1.807) is 0 Å². The molecule has 0 aromatic carbocycles. The Morgan fingerprint density at radius 2 is 1.90 bits per heavy atom. The minimum Gasteiger partial charge on any atom is -0.474 e. The summed E-state index contributed by atoms with van der Waals surface area (Å²) in [6.07, 6.45) is 8.01. The van der Waals surface area contributed by atoms with Gasteiger partial charge in [-0.05, 0) is 38.2 Å². The van der Waals surface area contributed by atoms with Crippen molar-refractivity contribution in [2.45, 2.75) is 78.0 Å². The Morgan fingerprint density at radius 1 is 1.20 bits per heavy atom. The first-order chi connectivity index (χ1) is 9.65. The number of nitrogens with zero attached hydrogens (tertiary/aromatic N) is 1. The van der Waals surface area contributed by atoms with Gasteiger partial charge in [0, 0.05) is 24.3 Å². The van der Waals surface area contributed by atoms with E-state index in [0.717, 1.165) is 18.1 Å². The molecule has 0 bridgehead atoms. The molecule has 1 saturated carbocycles. The van der Waals surface area contributed by atoms with Gasteiger partial charge >= 0.3 is 0 Å². The molecule has 3 nitrogen and oxygen atoms in total. The van der Waals surface area contributed by atoms with E-state index < -0.39 is 0 Å². The summed E-state index contributed by atoms with van der Waals surface area (Å²) in [5.41, 5.74) is 2.33. The third-order valence-corrected chi connectivity index (χ3v) is 3.96. The predicted octanol–water partition coefficient (Wildman–Crippen LogP) is 3.99. The van der Waals surface area contributed by atoms with Crippen molar-refractivity contribution in [2.75, 3.05) is 0 Å². The summed E-state index contributed by atoms with van der Waals surface area (Å²) in [6, 6.07) is 4.66. The lowest BCUT2D eigenvalue weighted by Gasteiger charge is -2.17. The molecule has 20 heavy (non-hydrogen) atoms. The number of nitrogens with one attached hydrogen (secondary N) is 1. The van der Waals surface area contributed by atoms with Crippen molar-refractivity contribution in [3.63, 3.8) is 0 Å². The SMILES string of the molecule is Cc1nc(OC2CCCCCC2)ccc1CNC(C)C. The highest BCUT2D eigenvalue weighted by atomic mass is 16.5. The van der Waals surface area contributed by atoms with Crippen LogP contribution in [0, 0.1) is 6.92 Å². The lowest BCUT2D eigenvalue weighted by molar-refractivity contribution is 0.176. The van der Waals surface area contributed by atoms with E-state index in [9.17, 15) is 0 Å². The van der Waals surface area contributed by atoms with Gasteiger partial charge in [-0.15, -0.1) is 0 Å². The van der Waals surface area contributed by atoms with Gasteiger partial charge in [-0.25, -0.2) is 4.98 Å². The number of hydrogen-bond acceptors (Lipinski definition) is 3. The summed E-state index contributed by atoms with van der Waals surface area (Å²) in [6.45, 7) is 7.26. The van der Waals surface area contributed by atoms with Gasteiger partial charge in [0.1, 0.15) is 6.10 Å². The second kappa shape index (κ2) is 7.63. The first kappa shape index (κ1) is 15.3. The van der Waals surface area contributed by atoms with E-state index in [1.165, 1.54) is 44.1 Å². The molecule has 0 radical (unpaired) electrons. The summed E-state index contributed by atoms with van der Waals surface area (Å²) in [7, 11) is 0. The molecule has 1 N–H and O–H groups in total. The molecule has 1 aromatic heterocycles. The van der Waals surface area contributed by atoms with E-state index in [1.807, 2.05) is 6.07 Å². The molecule has 112 valence electrons. The molecule has 0 saturated heterocycles. The fraction of sp³-hybridized carbons (Fsp3) is 0.706. The summed E-state index contributed by atoms with van der Waals surface area (Å²) >= 11 is 0. The highest BCUT2D eigenvalue weighted by Crippen LogP contribution is 2.22. The van der Waals surface area contributed by atoms with E-state index in [2.05, 4.69) is 37.1 Å². The highest BCUT2D eigenvalue weighted by molar-refractivity contribution is 5.25. The molecule has 0 unspecified atom stereocenters. The standard InChI is InChI=1S/C17H28N2O/c1-13(2)18-12-15-10-11-17(19-14(15)3)20-16-8-6-4-5-7-9-16/h10-11,13,16,18H,4-9,12H2,1-3H3. The van der Waals surface area contributed by atoms with Gasteiger partial charge in [0.2, 0.25) is 5.88 Å². The van der Waals surface area contributed by atoms with Crippen LogP contribution in [0.1, 0.15) is 63.6 Å². The summed E-state index contributed by atoms with van der Waals surface area (Å²) in [5, 5.41) is 3.43. The van der Waals surface area contributed by atoms with E-state index in [4.69, 9.17) is 4.74 Å². The Kier molecular flexibility index (Phi) is 5.84. The lowest BCUT2D eigenvalue weighted by Crippen LogP contribution is -2.22. The van der Waals surface area contributed by atoms with Crippen LogP contribution >= 0.6 is 0 Å². The molecular weight excluding hydrogens is 248 g/mol. The van der Waals surface area contributed by atoms with E-state index in [-0.39, 0.29) is 0 Å². The smallest absolute Gasteiger partial charge is 0.213 e.